The fourth-order valence-electron chi connectivity index (χ4n) is 3.53. The van der Waals surface area contributed by atoms with E-state index in [1.54, 1.807) is 13.0 Å². The van der Waals surface area contributed by atoms with E-state index in [4.69, 9.17) is 14.2 Å². The van der Waals surface area contributed by atoms with E-state index >= 15 is 0 Å². The van der Waals surface area contributed by atoms with E-state index in [0.29, 0.717) is 5.56 Å². The highest BCUT2D eigenvalue weighted by Gasteiger charge is 2.29. The number of carbonyl (C=O) groups is 2. The molecule has 2 aromatic rings. The Kier molecular flexibility index (Phi) is 6.34. The highest BCUT2D eigenvalue weighted by atomic mass is 16.6. The number of rotatable bonds is 8. The molecule has 1 unspecified atom stereocenters. The van der Waals surface area contributed by atoms with Gasteiger partial charge in [0.05, 0.1) is 24.7 Å². The number of nitro benzene ring substituents is 1. The molecule has 0 N–H and O–H groups in total. The van der Waals surface area contributed by atoms with Crippen molar-refractivity contribution in [3.63, 3.8) is 0 Å². The largest absolute Gasteiger partial charge is 0.493 e. The summed E-state index contributed by atoms with van der Waals surface area (Å²) >= 11 is 0. The molecule has 0 saturated heterocycles. The lowest BCUT2D eigenvalue weighted by Crippen LogP contribution is -2.25. The number of aryl methyl sites for hydroxylation is 2. The van der Waals surface area contributed by atoms with Gasteiger partial charge in [-0.25, -0.2) is 4.79 Å². The molecule has 0 fully saturated rings. The molecule has 0 aromatic heterocycles. The van der Waals surface area contributed by atoms with Crippen molar-refractivity contribution in [1.29, 1.82) is 0 Å². The zero-order chi connectivity index (χ0) is 21.8. The highest BCUT2D eigenvalue weighted by Crippen LogP contribution is 2.35. The summed E-state index contributed by atoms with van der Waals surface area (Å²) in [6, 6.07) is 7.78. The SMILES string of the molecule is CCOc1cc([N+](=O)[O-])c(C(=O)OC(C)C(=O)c2ccc3c(c2)CCC3)cc1OC. The van der Waals surface area contributed by atoms with Crippen LogP contribution in [0.2, 0.25) is 0 Å². The first kappa shape index (κ1) is 21.3. The van der Waals surface area contributed by atoms with Crippen LogP contribution in [0.3, 0.4) is 0 Å². The van der Waals surface area contributed by atoms with Gasteiger partial charge in [0, 0.05) is 11.6 Å². The molecule has 2 aromatic carbocycles. The minimum absolute atomic E-state index is 0.144. The second-order valence-corrected chi connectivity index (χ2v) is 6.96. The number of hydrogen-bond donors (Lipinski definition) is 0. The number of esters is 1. The maximum Gasteiger partial charge on any atom is 0.346 e. The lowest BCUT2D eigenvalue weighted by atomic mass is 10.0. The lowest BCUT2D eigenvalue weighted by molar-refractivity contribution is -0.385. The zero-order valence-electron chi connectivity index (χ0n) is 17.1. The Balaban J connectivity index is 1.83. The average Bonchev–Trinajstić information content (AvgIpc) is 3.20. The lowest BCUT2D eigenvalue weighted by Gasteiger charge is -2.15. The minimum atomic E-state index is -1.10. The molecule has 0 amide bonds. The van der Waals surface area contributed by atoms with Crippen molar-refractivity contribution in [1.82, 2.24) is 0 Å². The molecule has 1 aliphatic rings. The van der Waals surface area contributed by atoms with Crippen molar-refractivity contribution >= 4 is 17.4 Å². The third-order valence-electron chi connectivity index (χ3n) is 5.03. The van der Waals surface area contributed by atoms with Crippen molar-refractivity contribution in [3.8, 4) is 11.5 Å². The molecule has 0 spiro atoms. The van der Waals surface area contributed by atoms with Crippen molar-refractivity contribution in [2.75, 3.05) is 13.7 Å². The second kappa shape index (κ2) is 8.94. The van der Waals surface area contributed by atoms with Gasteiger partial charge < -0.3 is 14.2 Å². The summed E-state index contributed by atoms with van der Waals surface area (Å²) in [6.07, 6.45) is 1.87. The van der Waals surface area contributed by atoms with Gasteiger partial charge in [0.2, 0.25) is 5.78 Å². The van der Waals surface area contributed by atoms with Gasteiger partial charge in [-0.15, -0.1) is 0 Å². The number of Topliss-reactive ketones (excluding diaryl/α,β-unsaturated/α-hetero) is 1. The van der Waals surface area contributed by atoms with Gasteiger partial charge in [-0.05, 0) is 50.3 Å². The normalized spacial score (nSPS) is 13.3. The van der Waals surface area contributed by atoms with E-state index in [0.717, 1.165) is 30.9 Å². The fraction of sp³-hybridized carbons (Fsp3) is 0.364. The molecule has 158 valence electrons. The van der Waals surface area contributed by atoms with Crippen molar-refractivity contribution in [3.05, 3.63) is 62.7 Å². The third kappa shape index (κ3) is 4.27. The van der Waals surface area contributed by atoms with Crippen molar-refractivity contribution in [2.24, 2.45) is 0 Å². The van der Waals surface area contributed by atoms with Crippen LogP contribution in [0.25, 0.3) is 0 Å². The van der Waals surface area contributed by atoms with Gasteiger partial charge in [-0.3, -0.25) is 14.9 Å². The molecule has 0 heterocycles. The number of nitrogens with zero attached hydrogens (tertiary/aromatic N) is 1. The summed E-state index contributed by atoms with van der Waals surface area (Å²) < 4.78 is 15.8. The zero-order valence-corrected chi connectivity index (χ0v) is 17.1. The fourth-order valence-corrected chi connectivity index (χ4v) is 3.53. The first-order valence-electron chi connectivity index (χ1n) is 9.71. The minimum Gasteiger partial charge on any atom is -0.493 e. The molecule has 30 heavy (non-hydrogen) atoms. The monoisotopic (exact) mass is 413 g/mol. The smallest absolute Gasteiger partial charge is 0.346 e. The predicted molar refractivity (Wildman–Crippen MR) is 108 cm³/mol. The van der Waals surface area contributed by atoms with Crippen LogP contribution in [0.15, 0.2) is 30.3 Å². The number of methoxy groups -OCH3 is 1. The Morgan fingerprint density at radius 3 is 2.53 bits per heavy atom. The maximum atomic E-state index is 12.7. The summed E-state index contributed by atoms with van der Waals surface area (Å²) in [5.41, 5.74) is 2.02. The molecule has 1 aliphatic carbocycles. The Labute approximate surface area is 173 Å². The molecule has 1 atom stereocenters. The second-order valence-electron chi connectivity index (χ2n) is 6.96. The first-order valence-corrected chi connectivity index (χ1v) is 9.71. The number of ether oxygens (including phenoxy) is 3. The quantitative estimate of drug-likeness (QED) is 0.279. The Hall–Kier alpha value is -3.42. The summed E-state index contributed by atoms with van der Waals surface area (Å²) in [5.74, 6) is -1.04. The summed E-state index contributed by atoms with van der Waals surface area (Å²) in [7, 11) is 1.36. The van der Waals surface area contributed by atoms with Crippen molar-refractivity contribution < 1.29 is 28.7 Å². The average molecular weight is 413 g/mol. The Bertz CT molecular complexity index is 999. The molecule has 0 saturated carbocycles. The van der Waals surface area contributed by atoms with Gasteiger partial charge >= 0.3 is 5.97 Å². The number of carbonyl (C=O) groups excluding carboxylic acids is 2. The van der Waals surface area contributed by atoms with Gasteiger partial charge in [-0.2, -0.15) is 0 Å². The molecular formula is C22H23NO7. The number of ketones is 1. The van der Waals surface area contributed by atoms with Crippen LogP contribution in [-0.2, 0) is 17.6 Å². The molecule has 0 radical (unpaired) electrons. The van der Waals surface area contributed by atoms with Gasteiger partial charge in [0.25, 0.3) is 5.69 Å². The van der Waals surface area contributed by atoms with E-state index in [2.05, 4.69) is 0 Å². The Morgan fingerprint density at radius 2 is 1.87 bits per heavy atom. The van der Waals surface area contributed by atoms with Crippen LogP contribution in [0, 0.1) is 10.1 Å². The summed E-state index contributed by atoms with van der Waals surface area (Å²) in [6.45, 7) is 3.44. The van der Waals surface area contributed by atoms with E-state index in [-0.39, 0.29) is 29.5 Å². The predicted octanol–water partition coefficient (Wildman–Crippen LogP) is 3.92. The number of nitro groups is 1. The molecule has 0 bridgehead atoms. The van der Waals surface area contributed by atoms with E-state index in [1.807, 2.05) is 12.1 Å². The number of hydrogen-bond acceptors (Lipinski definition) is 7. The van der Waals surface area contributed by atoms with Crippen LogP contribution in [-0.4, -0.2) is 36.5 Å². The molecule has 8 heteroatoms. The van der Waals surface area contributed by atoms with Crippen LogP contribution in [0.5, 0.6) is 11.5 Å². The van der Waals surface area contributed by atoms with Crippen LogP contribution in [0.1, 0.15) is 52.1 Å². The van der Waals surface area contributed by atoms with E-state index < -0.39 is 22.7 Å². The van der Waals surface area contributed by atoms with Crippen molar-refractivity contribution in [2.45, 2.75) is 39.2 Å². The van der Waals surface area contributed by atoms with Gasteiger partial charge in [-0.1, -0.05) is 12.1 Å². The summed E-state index contributed by atoms with van der Waals surface area (Å²) in [4.78, 5) is 36.2. The van der Waals surface area contributed by atoms with Gasteiger partial charge in [0.1, 0.15) is 5.56 Å². The standard InChI is InChI=1S/C22H23NO7/c1-4-29-20-12-18(23(26)27)17(11-19(20)28-3)22(25)30-13(2)21(24)16-9-8-14-6-5-7-15(14)10-16/h8-13H,4-7H2,1-3H3. The summed E-state index contributed by atoms with van der Waals surface area (Å²) in [5, 5.41) is 11.5. The van der Waals surface area contributed by atoms with Crippen LogP contribution in [0.4, 0.5) is 5.69 Å². The molecular weight excluding hydrogens is 390 g/mol. The first-order chi connectivity index (χ1) is 14.3. The molecule has 8 nitrogen and oxygen atoms in total. The van der Waals surface area contributed by atoms with E-state index in [1.165, 1.54) is 25.7 Å². The maximum absolute atomic E-state index is 12.7. The molecule has 3 rings (SSSR count). The topological polar surface area (TPSA) is 105 Å². The van der Waals surface area contributed by atoms with Gasteiger partial charge in [0.15, 0.2) is 17.6 Å². The van der Waals surface area contributed by atoms with Crippen LogP contribution >= 0.6 is 0 Å². The number of benzene rings is 2. The Morgan fingerprint density at radius 1 is 1.13 bits per heavy atom. The molecule has 0 aliphatic heterocycles. The third-order valence-corrected chi connectivity index (χ3v) is 5.03. The highest BCUT2D eigenvalue weighted by molar-refractivity contribution is 6.02. The van der Waals surface area contributed by atoms with Crippen LogP contribution < -0.4 is 9.47 Å². The van der Waals surface area contributed by atoms with E-state index in [9.17, 15) is 19.7 Å². The number of fused-ring (bicyclic) bond motifs is 1.